The van der Waals surface area contributed by atoms with Crippen molar-refractivity contribution >= 4 is 34.8 Å². The average molecular weight is 516 g/mol. The van der Waals surface area contributed by atoms with E-state index in [4.69, 9.17) is 5.73 Å². The van der Waals surface area contributed by atoms with Crippen molar-refractivity contribution in [1.82, 2.24) is 10.2 Å². The molecule has 0 unspecified atom stereocenters. The molecule has 1 saturated carbocycles. The van der Waals surface area contributed by atoms with Crippen LogP contribution >= 0.6 is 0 Å². The van der Waals surface area contributed by atoms with Crippen LogP contribution in [0.1, 0.15) is 23.1 Å². The normalized spacial score (nSPS) is 29.3. The predicted molar refractivity (Wildman–Crippen MR) is 125 cm³/mol. The zero-order valence-electron chi connectivity index (χ0n) is 19.9. The molecule has 1 fully saturated rings. The van der Waals surface area contributed by atoms with Gasteiger partial charge in [-0.05, 0) is 32.9 Å². The molecule has 196 valence electrons. The van der Waals surface area contributed by atoms with E-state index in [1.54, 1.807) is 0 Å². The summed E-state index contributed by atoms with van der Waals surface area (Å²) in [6.07, 6.45) is -0.340. The molecule has 0 saturated heterocycles. The van der Waals surface area contributed by atoms with Crippen LogP contribution in [0.5, 0.6) is 5.75 Å². The molecule has 0 aromatic heterocycles. The Morgan fingerprint density at radius 3 is 2.43 bits per heavy atom. The molecule has 0 radical (unpaired) electrons. The van der Waals surface area contributed by atoms with Gasteiger partial charge in [-0.1, -0.05) is 0 Å². The van der Waals surface area contributed by atoms with Gasteiger partial charge in [0.2, 0.25) is 11.7 Å². The van der Waals surface area contributed by atoms with Gasteiger partial charge < -0.3 is 36.8 Å². The molecule has 0 bridgehead atoms. The lowest BCUT2D eigenvalue weighted by atomic mass is 9.57. The number of phenols is 1. The third-order valence-corrected chi connectivity index (χ3v) is 7.77. The van der Waals surface area contributed by atoms with Gasteiger partial charge >= 0.3 is 0 Å². The SMILES string of the molecule is CN(C)[C@@H]1C(=O)C(C(N)=O)=C(O)[C@@]2(O)C(=O)C3=C(O)c4c(O)c5c(c(F)c4C[C@H]3C[C@@H]12)CNCC(=O)N5. The number of Topliss-reactive ketones (excluding diaryl/α,β-unsaturated/α-hetero) is 2. The summed E-state index contributed by atoms with van der Waals surface area (Å²) in [7, 11) is 2.98. The van der Waals surface area contributed by atoms with Crippen molar-refractivity contribution in [3.63, 3.8) is 0 Å². The molecule has 1 aromatic rings. The number of fused-ring (bicyclic) bond motifs is 4. The minimum absolute atomic E-state index is 0.0253. The number of hydrogen-bond acceptors (Lipinski definition) is 10. The number of amides is 2. The van der Waals surface area contributed by atoms with Gasteiger partial charge in [0.15, 0.2) is 17.1 Å². The fourth-order valence-electron chi connectivity index (χ4n) is 6.18. The zero-order chi connectivity index (χ0) is 27.1. The second kappa shape index (κ2) is 8.10. The third kappa shape index (κ3) is 3.17. The van der Waals surface area contributed by atoms with Crippen molar-refractivity contribution in [2.75, 3.05) is 26.0 Å². The van der Waals surface area contributed by atoms with Crippen LogP contribution in [0.25, 0.3) is 5.76 Å². The number of nitrogens with two attached hydrogens (primary N) is 1. The van der Waals surface area contributed by atoms with E-state index in [0.717, 1.165) is 0 Å². The molecule has 12 nitrogen and oxygen atoms in total. The number of anilines is 1. The molecule has 3 aliphatic carbocycles. The van der Waals surface area contributed by atoms with Gasteiger partial charge in [-0.15, -0.1) is 0 Å². The van der Waals surface area contributed by atoms with Crippen LogP contribution in [0.2, 0.25) is 0 Å². The van der Waals surface area contributed by atoms with E-state index in [1.165, 1.54) is 19.0 Å². The van der Waals surface area contributed by atoms with E-state index in [9.17, 15) is 39.6 Å². The molecule has 4 atom stereocenters. The van der Waals surface area contributed by atoms with Crippen LogP contribution in [-0.2, 0) is 32.1 Å². The van der Waals surface area contributed by atoms with Gasteiger partial charge in [-0.2, -0.15) is 0 Å². The second-order valence-corrected chi connectivity index (χ2v) is 9.98. The summed E-state index contributed by atoms with van der Waals surface area (Å²) in [5, 5.41) is 49.7. The van der Waals surface area contributed by atoms with Crippen LogP contribution in [0.4, 0.5) is 10.1 Å². The van der Waals surface area contributed by atoms with Gasteiger partial charge in [0.05, 0.1) is 23.8 Å². The quantitative estimate of drug-likeness (QED) is 0.192. The summed E-state index contributed by atoms with van der Waals surface area (Å²) in [6, 6.07) is -1.23. The largest absolute Gasteiger partial charge is 0.508 e. The molecule has 4 aliphatic rings. The Bertz CT molecular complexity index is 1380. The first-order valence-electron chi connectivity index (χ1n) is 11.5. The van der Waals surface area contributed by atoms with Gasteiger partial charge in [-0.25, -0.2) is 4.39 Å². The number of ketones is 2. The van der Waals surface area contributed by atoms with Crippen LogP contribution in [0, 0.1) is 17.7 Å². The highest BCUT2D eigenvalue weighted by Gasteiger charge is 2.64. The fourth-order valence-corrected chi connectivity index (χ4v) is 6.18. The molecular weight excluding hydrogens is 491 g/mol. The molecule has 8 N–H and O–H groups in total. The van der Waals surface area contributed by atoms with E-state index >= 15 is 4.39 Å². The minimum atomic E-state index is -2.79. The molecule has 2 amide bonds. The van der Waals surface area contributed by atoms with Crippen molar-refractivity contribution in [2.45, 2.75) is 31.0 Å². The van der Waals surface area contributed by atoms with E-state index < -0.39 is 86.7 Å². The molecule has 1 aliphatic heterocycles. The topological polar surface area (TPSA) is 203 Å². The van der Waals surface area contributed by atoms with Crippen molar-refractivity contribution in [3.05, 3.63) is 39.4 Å². The lowest BCUT2D eigenvalue weighted by molar-refractivity contribution is -0.153. The number of primary amides is 1. The number of aromatic hydroxyl groups is 1. The maximum Gasteiger partial charge on any atom is 0.255 e. The van der Waals surface area contributed by atoms with Crippen LogP contribution in [0.15, 0.2) is 16.9 Å². The Labute approximate surface area is 209 Å². The number of likely N-dealkylation sites (N-methyl/N-ethyl adjacent to an activating group) is 1. The number of benzene rings is 1. The van der Waals surface area contributed by atoms with Crippen LogP contribution in [-0.4, -0.2) is 81.0 Å². The first-order chi connectivity index (χ1) is 17.3. The summed E-state index contributed by atoms with van der Waals surface area (Å²) in [5.41, 5.74) is 0.376. The number of aliphatic hydroxyl groups is 3. The van der Waals surface area contributed by atoms with Crippen LogP contribution in [0.3, 0.4) is 0 Å². The summed E-state index contributed by atoms with van der Waals surface area (Å²) in [6.45, 7) is -0.231. The Morgan fingerprint density at radius 2 is 1.81 bits per heavy atom. The highest BCUT2D eigenvalue weighted by Crippen LogP contribution is 2.54. The van der Waals surface area contributed by atoms with Crippen molar-refractivity contribution in [1.29, 1.82) is 0 Å². The van der Waals surface area contributed by atoms with E-state index in [0.29, 0.717) is 0 Å². The molecule has 37 heavy (non-hydrogen) atoms. The minimum Gasteiger partial charge on any atom is -0.508 e. The van der Waals surface area contributed by atoms with E-state index in [1.807, 2.05) is 0 Å². The van der Waals surface area contributed by atoms with Gasteiger partial charge in [-0.3, -0.25) is 24.1 Å². The number of carbonyl (C=O) groups is 4. The van der Waals surface area contributed by atoms with Gasteiger partial charge in [0, 0.05) is 29.2 Å². The lowest BCUT2D eigenvalue weighted by Crippen LogP contribution is -2.65. The van der Waals surface area contributed by atoms with Crippen molar-refractivity contribution in [3.8, 4) is 5.75 Å². The van der Waals surface area contributed by atoms with Crippen LogP contribution < -0.4 is 16.4 Å². The molecule has 1 aromatic carbocycles. The lowest BCUT2D eigenvalue weighted by Gasteiger charge is -2.50. The molecule has 0 spiro atoms. The van der Waals surface area contributed by atoms with E-state index in [2.05, 4.69) is 10.6 Å². The molecular formula is C24H25FN4O8. The van der Waals surface area contributed by atoms with E-state index in [-0.39, 0.29) is 42.7 Å². The number of hydrogen-bond donors (Lipinski definition) is 7. The predicted octanol–water partition coefficient (Wildman–Crippen LogP) is -0.855. The monoisotopic (exact) mass is 516 g/mol. The summed E-state index contributed by atoms with van der Waals surface area (Å²) in [5.74, 6) is -9.62. The van der Waals surface area contributed by atoms with Crippen molar-refractivity contribution < 1.29 is 44.0 Å². The van der Waals surface area contributed by atoms with Gasteiger partial charge in [0.1, 0.15) is 22.9 Å². The molecule has 13 heteroatoms. The number of rotatable bonds is 2. The summed E-state index contributed by atoms with van der Waals surface area (Å²) >= 11 is 0. The fraction of sp³-hybridized carbons (Fsp3) is 0.417. The maximum absolute atomic E-state index is 15.7. The summed E-state index contributed by atoms with van der Waals surface area (Å²) < 4.78 is 15.7. The second-order valence-electron chi connectivity index (χ2n) is 9.98. The zero-order valence-corrected chi connectivity index (χ0v) is 19.9. The average Bonchev–Trinajstić information content (AvgIpc) is 3.01. The summed E-state index contributed by atoms with van der Waals surface area (Å²) in [4.78, 5) is 52.3. The number of nitrogens with one attached hydrogen (secondary N) is 2. The maximum atomic E-state index is 15.7. The smallest absolute Gasteiger partial charge is 0.255 e. The Hall–Kier alpha value is -3.81. The first kappa shape index (κ1) is 24.9. The number of halogens is 1. The Kier molecular flexibility index (Phi) is 5.44. The first-order valence-corrected chi connectivity index (χ1v) is 11.5. The highest BCUT2D eigenvalue weighted by molar-refractivity contribution is 6.24. The Balaban J connectivity index is 1.75. The van der Waals surface area contributed by atoms with Gasteiger partial charge in [0.25, 0.3) is 5.91 Å². The molecule has 5 rings (SSSR count). The standard InChI is InChI=1S/C24H25FN4O8/c1-29(2)17-10-4-7-3-8-13(19(32)16-9(15(8)25)5-27-6-11(30)28-16)18(31)12(7)21(34)24(10,37)22(35)14(20(17)33)23(26)36/h7,10,17,27,31-32,35,37H,3-6H2,1-2H3,(H2,26,36)(H,28,30)/t7-,10-,17-,24-/m0/s1. The number of nitrogens with zero attached hydrogens (tertiary/aromatic N) is 1. The Morgan fingerprint density at radius 1 is 1.14 bits per heavy atom. The van der Waals surface area contributed by atoms with Crippen molar-refractivity contribution in [2.24, 2.45) is 17.6 Å². The number of phenolic OH excluding ortho intramolecular Hbond substituents is 1. The third-order valence-electron chi connectivity index (χ3n) is 7.77. The molecule has 1 heterocycles. The number of aliphatic hydroxyl groups excluding tert-OH is 2. The highest BCUT2D eigenvalue weighted by atomic mass is 19.1. The number of carbonyl (C=O) groups excluding carboxylic acids is 4.